The predicted molar refractivity (Wildman–Crippen MR) is 132 cm³/mol. The van der Waals surface area contributed by atoms with Crippen LogP contribution in [0.15, 0.2) is 0 Å². The Balaban J connectivity index is 1.39. The van der Waals surface area contributed by atoms with Crippen molar-refractivity contribution in [3.05, 3.63) is 0 Å². The third kappa shape index (κ3) is 8.11. The molecule has 0 aliphatic carbocycles. The molecule has 2 bridgehead atoms. The zero-order chi connectivity index (χ0) is 25.2. The first-order valence-electron chi connectivity index (χ1n) is 13.6. The summed E-state index contributed by atoms with van der Waals surface area (Å²) in [6, 6.07) is -0.0808. The fourth-order valence-electron chi connectivity index (χ4n) is 5.95. The van der Waals surface area contributed by atoms with Crippen molar-refractivity contribution in [1.29, 1.82) is 0 Å². The van der Waals surface area contributed by atoms with E-state index in [1.54, 1.807) is 0 Å². The number of carbonyl (C=O) groups excluding carboxylic acids is 3. The quantitative estimate of drug-likeness (QED) is 0.355. The van der Waals surface area contributed by atoms with Crippen molar-refractivity contribution in [3.63, 3.8) is 0 Å². The monoisotopic (exact) mass is 509 g/mol. The van der Waals surface area contributed by atoms with Crippen LogP contribution in [0.3, 0.4) is 0 Å². The number of nitrogens with zero attached hydrogens (tertiary/aromatic N) is 1. The van der Waals surface area contributed by atoms with E-state index in [4.69, 9.17) is 14.2 Å². The van der Waals surface area contributed by atoms with Crippen LogP contribution in [-0.2, 0) is 28.6 Å². The molecule has 4 N–H and O–H groups in total. The largest absolute Gasteiger partial charge is 0.381 e. The van der Waals surface area contributed by atoms with Gasteiger partial charge in [0, 0.05) is 51.4 Å². The van der Waals surface area contributed by atoms with E-state index in [1.165, 1.54) is 0 Å². The topological polar surface area (TPSA) is 130 Å². The van der Waals surface area contributed by atoms with Crippen LogP contribution in [0.4, 0.5) is 0 Å². The lowest BCUT2D eigenvalue weighted by molar-refractivity contribution is -0.128. The summed E-state index contributed by atoms with van der Waals surface area (Å²) in [5, 5.41) is 12.6. The molecule has 204 valence electrons. The molecule has 4 aliphatic heterocycles. The van der Waals surface area contributed by atoms with Gasteiger partial charge in [0.05, 0.1) is 25.9 Å². The van der Waals surface area contributed by atoms with Gasteiger partial charge in [0.2, 0.25) is 17.7 Å². The number of carbonyl (C=O) groups is 3. The third-order valence-corrected chi connectivity index (χ3v) is 7.87. The maximum absolute atomic E-state index is 13.3. The second kappa shape index (κ2) is 14.2. The number of amides is 3. The minimum Gasteiger partial charge on any atom is -0.381 e. The first-order valence-corrected chi connectivity index (χ1v) is 13.6. The standard InChI is InChI=1S/C25H43N5O6/c31-23-13-18-1-5-26-15-19(18)2-6-28-25(33)22-14-20(16-30(22)21-3-8-34-9-4-21)29-24(32)17-36-12-11-35-10-7-27-23/h18-22,26H,1-17H2,(H,27,31)(H,28,33)(H,29,32)/t18-,19-,20+,22+/m0/s1. The normalized spacial score (nSPS) is 33.5. The maximum Gasteiger partial charge on any atom is 0.246 e. The fraction of sp³-hybridized carbons (Fsp3) is 0.880. The van der Waals surface area contributed by atoms with Gasteiger partial charge in [-0.15, -0.1) is 0 Å². The molecule has 3 amide bonds. The van der Waals surface area contributed by atoms with Gasteiger partial charge in [-0.2, -0.15) is 0 Å². The minimum atomic E-state index is -0.270. The first kappa shape index (κ1) is 27.3. The van der Waals surface area contributed by atoms with Gasteiger partial charge in [-0.25, -0.2) is 0 Å². The molecule has 11 heteroatoms. The van der Waals surface area contributed by atoms with Gasteiger partial charge >= 0.3 is 0 Å². The summed E-state index contributed by atoms with van der Waals surface area (Å²) in [7, 11) is 0. The summed E-state index contributed by atoms with van der Waals surface area (Å²) in [6.45, 7) is 5.92. The lowest BCUT2D eigenvalue weighted by atomic mass is 9.81. The van der Waals surface area contributed by atoms with Gasteiger partial charge in [-0.1, -0.05) is 0 Å². The molecule has 0 aromatic heterocycles. The van der Waals surface area contributed by atoms with Crippen molar-refractivity contribution >= 4 is 17.7 Å². The lowest BCUT2D eigenvalue weighted by Crippen LogP contribution is -2.50. The Labute approximate surface area is 213 Å². The second-order valence-electron chi connectivity index (χ2n) is 10.4. The molecule has 0 spiro atoms. The lowest BCUT2D eigenvalue weighted by Gasteiger charge is -2.35. The van der Waals surface area contributed by atoms with Crippen LogP contribution in [0.1, 0.15) is 38.5 Å². The number of nitrogens with one attached hydrogen (secondary N) is 4. The number of piperidine rings is 1. The molecule has 4 aliphatic rings. The summed E-state index contributed by atoms with van der Waals surface area (Å²) in [6.07, 6.45) is 4.67. The average Bonchev–Trinajstić information content (AvgIpc) is 3.30. The van der Waals surface area contributed by atoms with E-state index in [0.717, 1.165) is 38.8 Å². The summed E-state index contributed by atoms with van der Waals surface area (Å²) in [4.78, 5) is 40.5. The summed E-state index contributed by atoms with van der Waals surface area (Å²) < 4.78 is 16.5. The molecular formula is C25H43N5O6. The van der Waals surface area contributed by atoms with Crippen LogP contribution in [0, 0.1) is 11.8 Å². The number of ether oxygens (including phenoxy) is 3. The second-order valence-corrected chi connectivity index (χ2v) is 10.4. The van der Waals surface area contributed by atoms with Gasteiger partial charge in [0.15, 0.2) is 0 Å². The van der Waals surface area contributed by atoms with E-state index >= 15 is 0 Å². The van der Waals surface area contributed by atoms with Crippen LogP contribution in [0.5, 0.6) is 0 Å². The molecule has 0 unspecified atom stereocenters. The SMILES string of the molecule is O=C1C[C@@H]2CCNC[C@@H]2CCNC(=O)[C@H]2C[C@H](CN2C2CCOCC2)NC(=O)COCCOCCN1. The van der Waals surface area contributed by atoms with Gasteiger partial charge in [-0.3, -0.25) is 19.3 Å². The molecule has 4 atom stereocenters. The van der Waals surface area contributed by atoms with E-state index in [1.807, 2.05) is 0 Å². The average molecular weight is 510 g/mol. The van der Waals surface area contributed by atoms with Gasteiger partial charge in [0.1, 0.15) is 6.61 Å². The fourth-order valence-corrected chi connectivity index (χ4v) is 5.95. The van der Waals surface area contributed by atoms with Crippen LogP contribution >= 0.6 is 0 Å². The van der Waals surface area contributed by atoms with Crippen LogP contribution in [-0.4, -0.2) is 113 Å². The predicted octanol–water partition coefficient (Wildman–Crippen LogP) is -0.990. The number of rotatable bonds is 1. The summed E-state index contributed by atoms with van der Waals surface area (Å²) in [5.74, 6) is 0.533. The van der Waals surface area contributed by atoms with Gasteiger partial charge < -0.3 is 35.5 Å². The molecule has 36 heavy (non-hydrogen) atoms. The van der Waals surface area contributed by atoms with Gasteiger partial charge in [0.25, 0.3) is 0 Å². The Hall–Kier alpha value is -1.79. The molecule has 4 rings (SSSR count). The van der Waals surface area contributed by atoms with Crippen molar-refractivity contribution < 1.29 is 28.6 Å². The molecule has 0 aromatic carbocycles. The zero-order valence-corrected chi connectivity index (χ0v) is 21.3. The van der Waals surface area contributed by atoms with Crippen LogP contribution in [0.25, 0.3) is 0 Å². The molecular weight excluding hydrogens is 466 g/mol. The first-order chi connectivity index (χ1) is 17.6. The zero-order valence-electron chi connectivity index (χ0n) is 21.3. The van der Waals surface area contributed by atoms with Crippen molar-refractivity contribution in [2.24, 2.45) is 11.8 Å². The Morgan fingerprint density at radius 2 is 1.53 bits per heavy atom. The third-order valence-electron chi connectivity index (χ3n) is 7.87. The molecule has 4 heterocycles. The molecule has 0 saturated carbocycles. The molecule has 0 radical (unpaired) electrons. The molecule has 11 nitrogen and oxygen atoms in total. The number of fused-ring (bicyclic) bond motifs is 3. The Morgan fingerprint density at radius 3 is 2.39 bits per heavy atom. The van der Waals surface area contributed by atoms with Gasteiger partial charge in [-0.05, 0) is 57.0 Å². The maximum atomic E-state index is 13.3. The van der Waals surface area contributed by atoms with Crippen LogP contribution < -0.4 is 21.3 Å². The highest BCUT2D eigenvalue weighted by Crippen LogP contribution is 2.27. The van der Waals surface area contributed by atoms with E-state index in [-0.39, 0.29) is 42.5 Å². The van der Waals surface area contributed by atoms with E-state index in [9.17, 15) is 14.4 Å². The Morgan fingerprint density at radius 1 is 0.750 bits per heavy atom. The van der Waals surface area contributed by atoms with E-state index in [0.29, 0.717) is 77.3 Å². The van der Waals surface area contributed by atoms with E-state index in [2.05, 4.69) is 26.2 Å². The highest BCUT2D eigenvalue weighted by Gasteiger charge is 2.41. The molecule has 0 aromatic rings. The van der Waals surface area contributed by atoms with Crippen molar-refractivity contribution in [1.82, 2.24) is 26.2 Å². The highest BCUT2D eigenvalue weighted by molar-refractivity contribution is 5.83. The number of hydrogen-bond donors (Lipinski definition) is 4. The van der Waals surface area contributed by atoms with E-state index < -0.39 is 0 Å². The van der Waals surface area contributed by atoms with Crippen molar-refractivity contribution in [2.45, 2.75) is 56.7 Å². The smallest absolute Gasteiger partial charge is 0.246 e. The number of hydrogen-bond acceptors (Lipinski definition) is 8. The minimum absolute atomic E-state index is 0.0237. The Kier molecular flexibility index (Phi) is 10.8. The Bertz CT molecular complexity index is 734. The molecule has 4 saturated heterocycles. The van der Waals surface area contributed by atoms with Crippen LogP contribution in [0.2, 0.25) is 0 Å². The summed E-state index contributed by atoms with van der Waals surface area (Å²) in [5.41, 5.74) is 0. The number of likely N-dealkylation sites (tertiary alicyclic amines) is 1. The van der Waals surface area contributed by atoms with Crippen molar-refractivity contribution in [3.8, 4) is 0 Å². The highest BCUT2D eigenvalue weighted by atomic mass is 16.5. The van der Waals surface area contributed by atoms with Crippen molar-refractivity contribution in [2.75, 3.05) is 72.4 Å². The summed E-state index contributed by atoms with van der Waals surface area (Å²) >= 11 is 0. The molecule has 4 fully saturated rings.